The Hall–Kier alpha value is -2.20. The summed E-state index contributed by atoms with van der Waals surface area (Å²) >= 11 is 0. The molecule has 0 aliphatic carbocycles. The second kappa shape index (κ2) is 9.08. The number of nitrogens with one attached hydrogen (secondary N) is 1. The number of benzene rings is 2. The van der Waals surface area contributed by atoms with Crippen molar-refractivity contribution in [2.75, 3.05) is 13.1 Å². The van der Waals surface area contributed by atoms with E-state index in [1.54, 1.807) is 0 Å². The van der Waals surface area contributed by atoms with E-state index in [9.17, 15) is 9.18 Å². The predicted octanol–water partition coefficient (Wildman–Crippen LogP) is 5.21. The van der Waals surface area contributed by atoms with Crippen LogP contribution in [0.2, 0.25) is 0 Å². The van der Waals surface area contributed by atoms with Gasteiger partial charge in [0, 0.05) is 13.1 Å². The fourth-order valence-corrected chi connectivity index (χ4v) is 3.95. The van der Waals surface area contributed by atoms with Crippen molar-refractivity contribution in [3.8, 4) is 0 Å². The number of hydrogen-bond acceptors (Lipinski definition) is 2. The van der Waals surface area contributed by atoms with Crippen molar-refractivity contribution in [3.05, 3.63) is 71.0 Å². The number of nitrogens with zero attached hydrogens (tertiary/aromatic N) is 1. The van der Waals surface area contributed by atoms with Crippen molar-refractivity contribution < 1.29 is 9.18 Å². The first kappa shape index (κ1) is 21.5. The summed E-state index contributed by atoms with van der Waals surface area (Å²) in [5.41, 5.74) is 3.63. The molecule has 0 radical (unpaired) electrons. The summed E-state index contributed by atoms with van der Waals surface area (Å²) in [5.74, 6) is -0.0872. The lowest BCUT2D eigenvalue weighted by molar-refractivity contribution is -0.127. The maximum absolute atomic E-state index is 13.1. The van der Waals surface area contributed by atoms with E-state index in [4.69, 9.17) is 0 Å². The van der Waals surface area contributed by atoms with E-state index in [1.165, 1.54) is 17.7 Å². The van der Waals surface area contributed by atoms with Crippen LogP contribution in [0.3, 0.4) is 0 Å². The second-order valence-corrected chi connectivity index (χ2v) is 9.30. The third-order valence-corrected chi connectivity index (χ3v) is 5.83. The Kier molecular flexibility index (Phi) is 6.74. The van der Waals surface area contributed by atoms with Gasteiger partial charge in [-0.2, -0.15) is 0 Å². The molecule has 29 heavy (non-hydrogen) atoms. The first-order valence-corrected chi connectivity index (χ1v) is 10.6. The Morgan fingerprint density at radius 2 is 1.79 bits per heavy atom. The molecule has 0 saturated carbocycles. The maximum Gasteiger partial charge on any atom is 0.224 e. The molecule has 1 heterocycles. The highest BCUT2D eigenvalue weighted by molar-refractivity contribution is 5.79. The number of likely N-dealkylation sites (tertiary alicyclic amines) is 1. The Morgan fingerprint density at radius 1 is 1.14 bits per heavy atom. The van der Waals surface area contributed by atoms with E-state index in [1.807, 2.05) is 19.1 Å². The monoisotopic (exact) mass is 396 g/mol. The largest absolute Gasteiger partial charge is 0.349 e. The van der Waals surface area contributed by atoms with Crippen LogP contribution in [0.15, 0.2) is 48.5 Å². The van der Waals surface area contributed by atoms with Gasteiger partial charge in [-0.15, -0.1) is 0 Å². The molecule has 0 unspecified atom stereocenters. The summed E-state index contributed by atoms with van der Waals surface area (Å²) in [6.07, 6.45) is 1.93. The van der Waals surface area contributed by atoms with E-state index < -0.39 is 0 Å². The van der Waals surface area contributed by atoms with E-state index in [2.05, 4.69) is 55.3 Å². The van der Waals surface area contributed by atoms with Crippen molar-refractivity contribution in [3.63, 3.8) is 0 Å². The molecule has 2 aromatic carbocycles. The molecule has 0 aromatic heterocycles. The molecule has 2 atom stereocenters. The number of hydrogen-bond donors (Lipinski definition) is 1. The van der Waals surface area contributed by atoms with E-state index in [-0.39, 0.29) is 29.1 Å². The van der Waals surface area contributed by atoms with Gasteiger partial charge in [-0.1, -0.05) is 57.2 Å². The molecule has 0 spiro atoms. The zero-order valence-corrected chi connectivity index (χ0v) is 18.0. The molecule has 4 heteroatoms. The van der Waals surface area contributed by atoms with Crippen molar-refractivity contribution in [2.24, 2.45) is 5.92 Å². The Labute approximate surface area is 174 Å². The Bertz CT molecular complexity index is 808. The van der Waals surface area contributed by atoms with Crippen molar-refractivity contribution >= 4 is 5.91 Å². The van der Waals surface area contributed by atoms with Crippen molar-refractivity contribution in [2.45, 2.75) is 58.5 Å². The second-order valence-electron chi connectivity index (χ2n) is 9.30. The van der Waals surface area contributed by atoms with Crippen LogP contribution in [0.1, 0.15) is 63.3 Å². The molecule has 0 bridgehead atoms. The van der Waals surface area contributed by atoms with Crippen LogP contribution >= 0.6 is 0 Å². The number of rotatable bonds is 5. The molecule has 1 aliphatic heterocycles. The van der Waals surface area contributed by atoms with Gasteiger partial charge >= 0.3 is 0 Å². The Balaban J connectivity index is 1.56. The number of halogens is 1. The minimum atomic E-state index is -0.214. The molecule has 3 nitrogen and oxygen atoms in total. The van der Waals surface area contributed by atoms with Crippen LogP contribution in [0.4, 0.5) is 4.39 Å². The van der Waals surface area contributed by atoms with Gasteiger partial charge in [0.25, 0.3) is 0 Å². The molecule has 156 valence electrons. The van der Waals surface area contributed by atoms with Gasteiger partial charge in [-0.3, -0.25) is 9.69 Å². The molecule has 1 fully saturated rings. The standard InChI is InChI=1S/C25H33FN2O/c1-18(20-9-11-22(12-10-20)25(2,3)4)27-24(29)21-6-5-15-28(17-21)16-19-7-13-23(26)14-8-19/h7-14,18,21H,5-6,15-17H2,1-4H3,(H,27,29)/t18-,21+/m1/s1. The van der Waals surface area contributed by atoms with Gasteiger partial charge in [0.05, 0.1) is 12.0 Å². The molecule has 1 amide bonds. The highest BCUT2D eigenvalue weighted by Gasteiger charge is 2.27. The first-order valence-electron chi connectivity index (χ1n) is 10.6. The number of amides is 1. The lowest BCUT2D eigenvalue weighted by Gasteiger charge is -2.32. The lowest BCUT2D eigenvalue weighted by Crippen LogP contribution is -2.43. The fraction of sp³-hybridized carbons (Fsp3) is 0.480. The number of piperidine rings is 1. The third kappa shape index (κ3) is 5.89. The molecular weight excluding hydrogens is 363 g/mol. The number of carbonyl (C=O) groups excluding carboxylic acids is 1. The highest BCUT2D eigenvalue weighted by atomic mass is 19.1. The van der Waals surface area contributed by atoms with Gasteiger partial charge in [0.15, 0.2) is 0 Å². The minimum Gasteiger partial charge on any atom is -0.349 e. The van der Waals surface area contributed by atoms with Gasteiger partial charge in [-0.05, 0) is 60.5 Å². The number of carbonyl (C=O) groups is 1. The van der Waals surface area contributed by atoms with Gasteiger partial charge in [0.2, 0.25) is 5.91 Å². The van der Waals surface area contributed by atoms with Crippen LogP contribution in [0, 0.1) is 11.7 Å². The van der Waals surface area contributed by atoms with Gasteiger partial charge in [0.1, 0.15) is 5.82 Å². The normalized spacial score (nSPS) is 19.0. The summed E-state index contributed by atoms with van der Waals surface area (Å²) in [4.78, 5) is 15.2. The smallest absolute Gasteiger partial charge is 0.224 e. The summed E-state index contributed by atoms with van der Waals surface area (Å²) in [7, 11) is 0. The zero-order valence-electron chi connectivity index (χ0n) is 18.0. The van der Waals surface area contributed by atoms with E-state index >= 15 is 0 Å². The van der Waals surface area contributed by atoms with Crippen molar-refractivity contribution in [1.82, 2.24) is 10.2 Å². The molecule has 1 aliphatic rings. The third-order valence-electron chi connectivity index (χ3n) is 5.83. The zero-order chi connectivity index (χ0) is 21.0. The highest BCUT2D eigenvalue weighted by Crippen LogP contribution is 2.25. The summed E-state index contributed by atoms with van der Waals surface area (Å²) in [6.45, 7) is 11.1. The average Bonchev–Trinajstić information content (AvgIpc) is 2.69. The summed E-state index contributed by atoms with van der Waals surface area (Å²) in [5, 5.41) is 3.20. The van der Waals surface area contributed by atoms with E-state index in [0.717, 1.165) is 43.6 Å². The SMILES string of the molecule is C[C@@H](NC(=O)[C@H]1CCCN(Cc2ccc(F)cc2)C1)c1ccc(C(C)(C)C)cc1. The predicted molar refractivity (Wildman–Crippen MR) is 116 cm³/mol. The minimum absolute atomic E-state index is 0.000460. The Morgan fingerprint density at radius 3 is 2.41 bits per heavy atom. The lowest BCUT2D eigenvalue weighted by atomic mass is 9.86. The molecule has 1 N–H and O–H groups in total. The molecule has 3 rings (SSSR count). The fourth-order valence-electron chi connectivity index (χ4n) is 3.95. The van der Waals surface area contributed by atoms with Crippen LogP contribution in [-0.4, -0.2) is 23.9 Å². The quantitative estimate of drug-likeness (QED) is 0.752. The van der Waals surface area contributed by atoms with Gasteiger partial charge < -0.3 is 5.32 Å². The van der Waals surface area contributed by atoms with E-state index in [0.29, 0.717) is 0 Å². The van der Waals surface area contributed by atoms with Crippen LogP contribution in [0.25, 0.3) is 0 Å². The molecule has 1 saturated heterocycles. The first-order chi connectivity index (χ1) is 13.7. The molecular formula is C25H33FN2O. The summed E-state index contributed by atoms with van der Waals surface area (Å²) in [6, 6.07) is 15.2. The summed E-state index contributed by atoms with van der Waals surface area (Å²) < 4.78 is 13.1. The van der Waals surface area contributed by atoms with Crippen LogP contribution in [-0.2, 0) is 16.8 Å². The van der Waals surface area contributed by atoms with Crippen molar-refractivity contribution in [1.29, 1.82) is 0 Å². The average molecular weight is 397 g/mol. The van der Waals surface area contributed by atoms with Crippen LogP contribution in [0.5, 0.6) is 0 Å². The maximum atomic E-state index is 13.1. The molecule has 2 aromatic rings. The topological polar surface area (TPSA) is 32.3 Å². The van der Waals surface area contributed by atoms with Crippen LogP contribution < -0.4 is 5.32 Å². The van der Waals surface area contributed by atoms with Gasteiger partial charge in [-0.25, -0.2) is 4.39 Å².